The maximum Gasteiger partial charge on any atom is 0.317 e. The largest absolute Gasteiger partial charge is 0.389 e. The van der Waals surface area contributed by atoms with Gasteiger partial charge in [-0.05, 0) is 26.3 Å². The molecule has 0 unspecified atom stereocenters. The van der Waals surface area contributed by atoms with Gasteiger partial charge in [-0.2, -0.15) is 5.10 Å². The third-order valence-electron chi connectivity index (χ3n) is 2.37. The van der Waals surface area contributed by atoms with E-state index in [1.54, 1.807) is 27.1 Å². The Balaban J connectivity index is 2.16. The van der Waals surface area contributed by atoms with E-state index in [1.807, 2.05) is 16.9 Å². The third kappa shape index (κ3) is 5.67. The van der Waals surface area contributed by atoms with E-state index in [-0.39, 0.29) is 6.03 Å². The van der Waals surface area contributed by atoms with Gasteiger partial charge in [0.25, 0.3) is 0 Å². The van der Waals surface area contributed by atoms with E-state index in [2.05, 4.69) is 10.4 Å². The summed E-state index contributed by atoms with van der Waals surface area (Å²) in [7, 11) is 1.67. The van der Waals surface area contributed by atoms with Crippen molar-refractivity contribution in [3.8, 4) is 0 Å². The Morgan fingerprint density at radius 3 is 2.83 bits per heavy atom. The lowest BCUT2D eigenvalue weighted by Gasteiger charge is -2.25. The van der Waals surface area contributed by atoms with Crippen LogP contribution in [0.15, 0.2) is 18.5 Å². The standard InChI is InChI=1S/C12H22N4O2/c1-12(2,18)10-15(3)11(17)13-6-4-8-16-9-5-7-14-16/h5,7,9,18H,4,6,8,10H2,1-3H3,(H,13,17). The van der Waals surface area contributed by atoms with Gasteiger partial charge in [0.05, 0.1) is 12.1 Å². The second-order valence-electron chi connectivity index (χ2n) is 5.02. The summed E-state index contributed by atoms with van der Waals surface area (Å²) < 4.78 is 1.83. The second-order valence-corrected chi connectivity index (χ2v) is 5.02. The zero-order valence-corrected chi connectivity index (χ0v) is 11.3. The van der Waals surface area contributed by atoms with Crippen molar-refractivity contribution < 1.29 is 9.90 Å². The molecule has 0 saturated heterocycles. The van der Waals surface area contributed by atoms with Crippen LogP contribution in [0.3, 0.4) is 0 Å². The normalized spacial score (nSPS) is 11.3. The molecule has 1 aromatic rings. The topological polar surface area (TPSA) is 70.4 Å². The van der Waals surface area contributed by atoms with Crippen LogP contribution in [0.1, 0.15) is 20.3 Å². The number of carbonyl (C=O) groups is 1. The maximum absolute atomic E-state index is 11.7. The van der Waals surface area contributed by atoms with Gasteiger partial charge in [0.15, 0.2) is 0 Å². The van der Waals surface area contributed by atoms with Gasteiger partial charge >= 0.3 is 6.03 Å². The lowest BCUT2D eigenvalue weighted by atomic mass is 10.1. The Bertz CT molecular complexity index is 357. The SMILES string of the molecule is CN(CC(C)(C)O)C(=O)NCCCn1cccn1. The van der Waals surface area contributed by atoms with Crippen LogP contribution in [-0.2, 0) is 6.54 Å². The highest BCUT2D eigenvalue weighted by molar-refractivity contribution is 5.73. The molecular formula is C12H22N4O2. The van der Waals surface area contributed by atoms with Gasteiger partial charge in [0.2, 0.25) is 0 Å². The van der Waals surface area contributed by atoms with Crippen LogP contribution in [0.2, 0.25) is 0 Å². The lowest BCUT2D eigenvalue weighted by molar-refractivity contribution is 0.0532. The van der Waals surface area contributed by atoms with E-state index < -0.39 is 5.60 Å². The summed E-state index contributed by atoms with van der Waals surface area (Å²) in [6.45, 7) is 5.03. The monoisotopic (exact) mass is 254 g/mol. The predicted molar refractivity (Wildman–Crippen MR) is 69.2 cm³/mol. The van der Waals surface area contributed by atoms with Gasteiger partial charge < -0.3 is 15.3 Å². The zero-order valence-electron chi connectivity index (χ0n) is 11.3. The second kappa shape index (κ2) is 6.39. The third-order valence-corrected chi connectivity index (χ3v) is 2.37. The molecule has 6 heteroatoms. The van der Waals surface area contributed by atoms with E-state index in [9.17, 15) is 9.90 Å². The Labute approximate surface area is 108 Å². The molecule has 0 aromatic carbocycles. The van der Waals surface area contributed by atoms with Crippen molar-refractivity contribution in [2.75, 3.05) is 20.1 Å². The smallest absolute Gasteiger partial charge is 0.317 e. The summed E-state index contributed by atoms with van der Waals surface area (Å²) in [5.41, 5.74) is -0.874. The van der Waals surface area contributed by atoms with Gasteiger partial charge in [-0.25, -0.2) is 4.79 Å². The Hall–Kier alpha value is -1.56. The van der Waals surface area contributed by atoms with E-state index >= 15 is 0 Å². The van der Waals surface area contributed by atoms with Crippen molar-refractivity contribution in [1.29, 1.82) is 0 Å². The molecule has 6 nitrogen and oxygen atoms in total. The Morgan fingerprint density at radius 1 is 1.56 bits per heavy atom. The first-order valence-corrected chi connectivity index (χ1v) is 6.07. The highest BCUT2D eigenvalue weighted by Crippen LogP contribution is 2.02. The molecule has 1 aromatic heterocycles. The number of urea groups is 1. The molecule has 0 atom stereocenters. The molecule has 0 spiro atoms. The molecule has 0 radical (unpaired) electrons. The number of likely N-dealkylation sites (N-methyl/N-ethyl adjacent to an activating group) is 1. The van der Waals surface area contributed by atoms with Crippen molar-refractivity contribution in [2.45, 2.75) is 32.4 Å². The fourth-order valence-corrected chi connectivity index (χ4v) is 1.66. The van der Waals surface area contributed by atoms with E-state index in [4.69, 9.17) is 0 Å². The minimum absolute atomic E-state index is 0.169. The maximum atomic E-state index is 11.7. The highest BCUT2D eigenvalue weighted by atomic mass is 16.3. The van der Waals surface area contributed by atoms with Crippen LogP contribution in [0.4, 0.5) is 4.79 Å². The van der Waals surface area contributed by atoms with Crippen LogP contribution in [-0.4, -0.2) is 51.6 Å². The minimum Gasteiger partial charge on any atom is -0.389 e. The molecule has 1 heterocycles. The molecule has 0 aliphatic heterocycles. The molecular weight excluding hydrogens is 232 g/mol. The Kier molecular flexibility index (Phi) is 5.15. The number of nitrogens with zero attached hydrogens (tertiary/aromatic N) is 3. The molecule has 18 heavy (non-hydrogen) atoms. The van der Waals surface area contributed by atoms with Crippen molar-refractivity contribution in [1.82, 2.24) is 20.0 Å². The summed E-state index contributed by atoms with van der Waals surface area (Å²) in [4.78, 5) is 13.1. The minimum atomic E-state index is -0.874. The number of aliphatic hydroxyl groups is 1. The van der Waals surface area contributed by atoms with Crippen LogP contribution in [0.25, 0.3) is 0 Å². The van der Waals surface area contributed by atoms with Crippen LogP contribution in [0.5, 0.6) is 0 Å². The summed E-state index contributed by atoms with van der Waals surface area (Å²) in [5, 5.41) is 16.5. The molecule has 0 saturated carbocycles. The molecule has 0 fully saturated rings. The molecule has 0 aliphatic rings. The van der Waals surface area contributed by atoms with Gasteiger partial charge in [-0.3, -0.25) is 4.68 Å². The van der Waals surface area contributed by atoms with Crippen molar-refractivity contribution in [3.63, 3.8) is 0 Å². The van der Waals surface area contributed by atoms with E-state index in [0.717, 1.165) is 13.0 Å². The van der Waals surface area contributed by atoms with Crippen LogP contribution >= 0.6 is 0 Å². The summed E-state index contributed by atoms with van der Waals surface area (Å²) in [6, 6.07) is 1.70. The molecule has 0 bridgehead atoms. The predicted octanol–water partition coefficient (Wildman–Crippen LogP) is 0.685. The van der Waals surface area contributed by atoms with Gasteiger partial charge in [0, 0.05) is 32.5 Å². The average molecular weight is 254 g/mol. The van der Waals surface area contributed by atoms with Crippen molar-refractivity contribution in [2.24, 2.45) is 0 Å². The van der Waals surface area contributed by atoms with Gasteiger partial charge in [-0.15, -0.1) is 0 Å². The summed E-state index contributed by atoms with van der Waals surface area (Å²) in [6.07, 6.45) is 4.45. The zero-order chi connectivity index (χ0) is 13.6. The molecule has 102 valence electrons. The first-order chi connectivity index (χ1) is 8.38. The van der Waals surface area contributed by atoms with Crippen molar-refractivity contribution in [3.05, 3.63) is 18.5 Å². The molecule has 1 rings (SSSR count). The molecule has 2 amide bonds. The summed E-state index contributed by atoms with van der Waals surface area (Å²) >= 11 is 0. The van der Waals surface area contributed by atoms with E-state index in [1.165, 1.54) is 4.90 Å². The van der Waals surface area contributed by atoms with Crippen LogP contribution in [0, 0.1) is 0 Å². The average Bonchev–Trinajstić information content (AvgIpc) is 2.74. The van der Waals surface area contributed by atoms with Crippen molar-refractivity contribution >= 4 is 6.03 Å². The quantitative estimate of drug-likeness (QED) is 0.734. The Morgan fingerprint density at radius 2 is 2.28 bits per heavy atom. The number of hydrogen-bond donors (Lipinski definition) is 2. The van der Waals surface area contributed by atoms with E-state index in [0.29, 0.717) is 13.1 Å². The highest BCUT2D eigenvalue weighted by Gasteiger charge is 2.18. The summed E-state index contributed by atoms with van der Waals surface area (Å²) in [5.74, 6) is 0. The van der Waals surface area contributed by atoms with Gasteiger partial charge in [-0.1, -0.05) is 0 Å². The number of nitrogens with one attached hydrogen (secondary N) is 1. The number of amides is 2. The van der Waals surface area contributed by atoms with Gasteiger partial charge in [0.1, 0.15) is 0 Å². The number of aryl methyl sites for hydroxylation is 1. The number of carbonyl (C=O) groups excluding carboxylic acids is 1. The van der Waals surface area contributed by atoms with Crippen LogP contribution < -0.4 is 5.32 Å². The number of hydrogen-bond acceptors (Lipinski definition) is 3. The first-order valence-electron chi connectivity index (χ1n) is 6.07. The fourth-order valence-electron chi connectivity index (χ4n) is 1.66. The molecule has 0 aliphatic carbocycles. The molecule has 2 N–H and O–H groups in total. The number of rotatable bonds is 6. The first kappa shape index (κ1) is 14.5. The lowest BCUT2D eigenvalue weighted by Crippen LogP contribution is -2.44. The number of aromatic nitrogens is 2. The fraction of sp³-hybridized carbons (Fsp3) is 0.667.